The molecular weight excluding hydrogens is 316 g/mol. The van der Waals surface area contributed by atoms with Crippen LogP contribution in [0.3, 0.4) is 0 Å². The Bertz CT molecular complexity index is 545. The summed E-state index contributed by atoms with van der Waals surface area (Å²) in [6, 6.07) is 1.22. The van der Waals surface area contributed by atoms with Gasteiger partial charge in [0.1, 0.15) is 12.2 Å². The lowest BCUT2D eigenvalue weighted by Gasteiger charge is -2.12. The third-order valence-corrected chi connectivity index (χ3v) is 3.03. The van der Waals surface area contributed by atoms with Crippen molar-refractivity contribution in [2.45, 2.75) is 0 Å². The molecule has 0 aliphatic carbocycles. The van der Waals surface area contributed by atoms with E-state index in [0.717, 1.165) is 0 Å². The molecule has 0 spiro atoms. The van der Waals surface area contributed by atoms with Crippen molar-refractivity contribution in [1.29, 1.82) is 0 Å². The number of rotatable bonds is 4. The van der Waals surface area contributed by atoms with Gasteiger partial charge in [0.2, 0.25) is 0 Å². The molecule has 0 radical (unpaired) electrons. The van der Waals surface area contributed by atoms with Gasteiger partial charge < -0.3 is 9.84 Å². The molecule has 0 aliphatic heterocycles. The maximum Gasteiger partial charge on any atom is 0.412 e. The molecule has 0 aliphatic rings. The molecule has 0 aromatic heterocycles. The highest BCUT2D eigenvalue weighted by Crippen LogP contribution is 2.37. The van der Waals surface area contributed by atoms with Gasteiger partial charge in [0.15, 0.2) is 0 Å². The van der Waals surface area contributed by atoms with E-state index in [2.05, 4.69) is 16.6 Å². The highest BCUT2D eigenvalue weighted by atomic mass is 35.5. The number of hydrogen-bond donors (Lipinski definition) is 2. The van der Waals surface area contributed by atoms with E-state index in [1.807, 2.05) is 0 Å². The minimum atomic E-state index is -1.38. The zero-order valence-corrected chi connectivity index (χ0v) is 11.6. The summed E-state index contributed by atoms with van der Waals surface area (Å²) in [5.41, 5.74) is -0.590. The van der Waals surface area contributed by atoms with Crippen LogP contribution >= 0.6 is 34.8 Å². The monoisotopic (exact) mass is 323 g/mol. The van der Waals surface area contributed by atoms with Crippen LogP contribution in [0.15, 0.2) is 18.7 Å². The normalized spacial score (nSPS) is 9.84. The molecule has 2 N–H and O–H groups in total. The second kappa shape index (κ2) is 6.65. The molecule has 0 saturated carbocycles. The molecule has 0 heterocycles. The van der Waals surface area contributed by atoms with E-state index in [-0.39, 0.29) is 27.4 Å². The average Bonchev–Trinajstić information content (AvgIpc) is 2.33. The van der Waals surface area contributed by atoms with Crippen LogP contribution in [0.2, 0.25) is 15.1 Å². The van der Waals surface area contributed by atoms with E-state index in [1.165, 1.54) is 12.1 Å². The maximum atomic E-state index is 11.4. The molecule has 1 aromatic carbocycles. The summed E-state index contributed by atoms with van der Waals surface area (Å²) < 4.78 is 4.66. The summed E-state index contributed by atoms with van der Waals surface area (Å²) in [5.74, 6) is -1.38. The SMILES string of the molecule is C=CCOC(=O)Nc1c(Cl)cc(Cl)c(Cl)c1C(=O)O. The van der Waals surface area contributed by atoms with Gasteiger partial charge in [-0.3, -0.25) is 5.32 Å². The predicted octanol–water partition coefficient (Wildman–Crippen LogP) is 4.08. The first kappa shape index (κ1) is 15.6. The lowest BCUT2D eigenvalue weighted by molar-refractivity contribution is 0.0698. The second-order valence-electron chi connectivity index (χ2n) is 3.22. The second-order valence-corrected chi connectivity index (χ2v) is 4.41. The molecule has 8 heteroatoms. The standard InChI is InChI=1S/C11H8Cl3NO4/c1-2-3-19-11(18)15-9-6(13)4-5(12)8(14)7(9)10(16)17/h2,4H,1,3H2,(H,15,18)(H,16,17). The largest absolute Gasteiger partial charge is 0.478 e. The van der Waals surface area contributed by atoms with Crippen LogP contribution in [0.25, 0.3) is 0 Å². The first-order valence-electron chi connectivity index (χ1n) is 4.84. The number of nitrogens with one attached hydrogen (secondary N) is 1. The van der Waals surface area contributed by atoms with E-state index >= 15 is 0 Å². The molecular formula is C11H8Cl3NO4. The zero-order valence-electron chi connectivity index (χ0n) is 9.37. The Kier molecular flexibility index (Phi) is 5.47. The van der Waals surface area contributed by atoms with E-state index in [1.54, 1.807) is 0 Å². The van der Waals surface area contributed by atoms with Gasteiger partial charge in [-0.2, -0.15) is 0 Å². The number of carbonyl (C=O) groups is 2. The smallest absolute Gasteiger partial charge is 0.412 e. The Morgan fingerprint density at radius 3 is 2.53 bits per heavy atom. The summed E-state index contributed by atoms with van der Waals surface area (Å²) >= 11 is 17.3. The molecule has 102 valence electrons. The highest BCUT2D eigenvalue weighted by Gasteiger charge is 2.22. The van der Waals surface area contributed by atoms with Gasteiger partial charge in [0.05, 0.1) is 20.8 Å². The molecule has 1 aromatic rings. The number of halogens is 3. The zero-order chi connectivity index (χ0) is 14.6. The van der Waals surface area contributed by atoms with Gasteiger partial charge in [-0.25, -0.2) is 9.59 Å². The van der Waals surface area contributed by atoms with Crippen molar-refractivity contribution in [2.75, 3.05) is 11.9 Å². The predicted molar refractivity (Wildman–Crippen MR) is 73.6 cm³/mol. The number of carbonyl (C=O) groups excluding carboxylic acids is 1. The fraction of sp³-hybridized carbons (Fsp3) is 0.0909. The Labute approximate surface area is 123 Å². The summed E-state index contributed by atoms with van der Waals surface area (Å²) in [7, 11) is 0. The van der Waals surface area contributed by atoms with Crippen molar-refractivity contribution >= 4 is 52.6 Å². The fourth-order valence-electron chi connectivity index (χ4n) is 1.19. The number of benzene rings is 1. The highest BCUT2D eigenvalue weighted by molar-refractivity contribution is 6.46. The van der Waals surface area contributed by atoms with E-state index < -0.39 is 17.6 Å². The van der Waals surface area contributed by atoms with Crippen molar-refractivity contribution < 1.29 is 19.4 Å². The number of ether oxygens (including phenoxy) is 1. The van der Waals surface area contributed by atoms with Crippen LogP contribution < -0.4 is 5.32 Å². The molecule has 1 amide bonds. The Morgan fingerprint density at radius 2 is 2.00 bits per heavy atom. The van der Waals surface area contributed by atoms with Crippen LogP contribution in [-0.4, -0.2) is 23.8 Å². The number of anilines is 1. The molecule has 0 bridgehead atoms. The van der Waals surface area contributed by atoms with Gasteiger partial charge in [-0.1, -0.05) is 47.5 Å². The minimum Gasteiger partial charge on any atom is -0.478 e. The Morgan fingerprint density at radius 1 is 1.37 bits per heavy atom. The molecule has 0 fully saturated rings. The lowest BCUT2D eigenvalue weighted by Crippen LogP contribution is -2.17. The molecule has 5 nitrogen and oxygen atoms in total. The van der Waals surface area contributed by atoms with Gasteiger partial charge in [-0.15, -0.1) is 0 Å². The van der Waals surface area contributed by atoms with Crippen molar-refractivity contribution in [1.82, 2.24) is 0 Å². The maximum absolute atomic E-state index is 11.4. The third kappa shape index (κ3) is 3.76. The number of hydrogen-bond acceptors (Lipinski definition) is 3. The van der Waals surface area contributed by atoms with Crippen molar-refractivity contribution in [3.05, 3.63) is 39.4 Å². The van der Waals surface area contributed by atoms with Crippen LogP contribution in [0.4, 0.5) is 10.5 Å². The van der Waals surface area contributed by atoms with Crippen LogP contribution in [0.5, 0.6) is 0 Å². The van der Waals surface area contributed by atoms with Crippen LogP contribution in [0, 0.1) is 0 Å². The van der Waals surface area contributed by atoms with Gasteiger partial charge in [-0.05, 0) is 6.07 Å². The molecule has 0 unspecified atom stereocenters. The summed E-state index contributed by atoms with van der Waals surface area (Å²) in [6.45, 7) is 3.33. The average molecular weight is 325 g/mol. The Hall–Kier alpha value is -1.43. The fourth-order valence-corrected chi connectivity index (χ4v) is 1.93. The van der Waals surface area contributed by atoms with Gasteiger partial charge >= 0.3 is 12.1 Å². The summed E-state index contributed by atoms with van der Waals surface area (Å²) in [6.07, 6.45) is 0.469. The first-order chi connectivity index (χ1) is 8.88. The minimum absolute atomic E-state index is 0.0333. The summed E-state index contributed by atoms with van der Waals surface area (Å²) in [4.78, 5) is 22.5. The number of carboxylic acids is 1. The van der Waals surface area contributed by atoms with Gasteiger partial charge in [0.25, 0.3) is 0 Å². The molecule has 19 heavy (non-hydrogen) atoms. The van der Waals surface area contributed by atoms with Crippen molar-refractivity contribution in [2.24, 2.45) is 0 Å². The third-order valence-electron chi connectivity index (χ3n) is 1.94. The van der Waals surface area contributed by atoms with Crippen molar-refractivity contribution in [3.8, 4) is 0 Å². The molecule has 0 atom stereocenters. The molecule has 1 rings (SSSR count). The number of aromatic carboxylic acids is 1. The Balaban J connectivity index is 3.19. The van der Waals surface area contributed by atoms with Crippen LogP contribution in [0.1, 0.15) is 10.4 Å². The van der Waals surface area contributed by atoms with Crippen molar-refractivity contribution in [3.63, 3.8) is 0 Å². The lowest BCUT2D eigenvalue weighted by atomic mass is 10.1. The summed E-state index contributed by atoms with van der Waals surface area (Å²) in [5, 5.41) is 10.9. The van der Waals surface area contributed by atoms with E-state index in [4.69, 9.17) is 39.9 Å². The topological polar surface area (TPSA) is 75.6 Å². The molecule has 0 saturated heterocycles. The van der Waals surface area contributed by atoms with Gasteiger partial charge in [0, 0.05) is 0 Å². The quantitative estimate of drug-likeness (QED) is 0.646. The van der Waals surface area contributed by atoms with Crippen LogP contribution in [-0.2, 0) is 4.74 Å². The number of amides is 1. The van der Waals surface area contributed by atoms with E-state index in [9.17, 15) is 9.59 Å². The van der Waals surface area contributed by atoms with E-state index in [0.29, 0.717) is 0 Å². The first-order valence-corrected chi connectivity index (χ1v) is 5.97. The number of carboxylic acid groups (broad SMARTS) is 1.